The molecule has 0 aliphatic carbocycles. The van der Waals surface area contributed by atoms with Gasteiger partial charge in [0, 0.05) is 0 Å². The second-order valence-corrected chi connectivity index (χ2v) is 0.707. The van der Waals surface area contributed by atoms with Gasteiger partial charge in [-0.05, 0) is 0 Å². The zero-order chi connectivity index (χ0) is 3.41. The van der Waals surface area contributed by atoms with Crippen LogP contribution in [-0.2, 0) is 22.4 Å². The minimum Gasteiger partial charge on any atom is -0.346 e. The van der Waals surface area contributed by atoms with E-state index in [9.17, 15) is 0 Å². The fraction of sp³-hybridized carbons (Fsp3) is 0.500. The van der Waals surface area contributed by atoms with Crippen LogP contribution >= 0.6 is 0 Å². The van der Waals surface area contributed by atoms with Gasteiger partial charge >= 0.3 is 22.4 Å². The third-order valence-corrected chi connectivity index (χ3v) is 0.250. The van der Waals surface area contributed by atoms with E-state index >= 15 is 0 Å². The summed E-state index contributed by atoms with van der Waals surface area (Å²) in [5.41, 5.74) is 0. The van der Waals surface area contributed by atoms with Crippen LogP contribution in [-0.4, -0.2) is 0 Å². The van der Waals surface area contributed by atoms with Gasteiger partial charge in [-0.3, -0.25) is 0 Å². The van der Waals surface area contributed by atoms with Crippen LogP contribution in [0.1, 0.15) is 12.8 Å². The van der Waals surface area contributed by atoms with Crippen molar-refractivity contribution in [3.8, 4) is 0 Å². The van der Waals surface area contributed by atoms with E-state index in [1.54, 1.807) is 0 Å². The van der Waals surface area contributed by atoms with Gasteiger partial charge < -0.3 is 13.8 Å². The van der Waals surface area contributed by atoms with Crippen LogP contribution in [0.15, 0.2) is 0 Å². The molecule has 5 heavy (non-hydrogen) atoms. The predicted octanol–water partition coefficient (Wildman–Crippen LogP) is 1.43. The van der Waals surface area contributed by atoms with Crippen molar-refractivity contribution in [3.05, 3.63) is 13.8 Å². The van der Waals surface area contributed by atoms with Crippen molar-refractivity contribution in [1.29, 1.82) is 0 Å². The fourth-order valence-electron chi connectivity index (χ4n) is 0. The molecule has 0 saturated heterocycles. The molecule has 1 heteroatoms. The average Bonchev–Trinajstić information content (AvgIpc) is 1.37. The van der Waals surface area contributed by atoms with E-state index in [0.717, 1.165) is 12.8 Å². The SMILES string of the molecule is [CH2-]CC[CH2-].[Ta+2]. The Balaban J connectivity index is 0. The molecule has 0 amide bonds. The molecule has 0 unspecified atom stereocenters. The maximum atomic E-state index is 3.54. The van der Waals surface area contributed by atoms with Crippen LogP contribution in [0.4, 0.5) is 0 Å². The first kappa shape index (κ1) is 9.22. The quantitative estimate of drug-likeness (QED) is 0.605. The van der Waals surface area contributed by atoms with Gasteiger partial charge in [-0.25, -0.2) is 12.8 Å². The standard InChI is InChI=1S/C4H8.Ta/c1-3-4-2;/h1-4H2;/q-2;+2. The molecule has 0 heterocycles. The first-order valence-electron chi connectivity index (χ1n) is 1.50. The van der Waals surface area contributed by atoms with Crippen LogP contribution in [0, 0.1) is 13.8 Å². The topological polar surface area (TPSA) is 0 Å². The van der Waals surface area contributed by atoms with Crippen LogP contribution < -0.4 is 0 Å². The molecule has 29 valence electrons. The molecular formula is C4H8Ta. The van der Waals surface area contributed by atoms with E-state index in [1.807, 2.05) is 0 Å². The van der Waals surface area contributed by atoms with Gasteiger partial charge in [-0.15, -0.1) is 0 Å². The molecule has 0 aromatic rings. The van der Waals surface area contributed by atoms with Gasteiger partial charge in [0.1, 0.15) is 0 Å². The Morgan fingerprint density at radius 2 is 1.20 bits per heavy atom. The Hall–Kier alpha value is 0.740. The minimum absolute atomic E-state index is 0. The molecule has 0 atom stereocenters. The summed E-state index contributed by atoms with van der Waals surface area (Å²) in [6, 6.07) is 0. The largest absolute Gasteiger partial charge is 2.00 e. The molecule has 0 saturated carbocycles. The number of rotatable bonds is 1. The van der Waals surface area contributed by atoms with Crippen LogP contribution in [0.2, 0.25) is 0 Å². The summed E-state index contributed by atoms with van der Waals surface area (Å²) in [6.07, 6.45) is 1.92. The molecule has 0 rings (SSSR count). The fourth-order valence-corrected chi connectivity index (χ4v) is 0. The monoisotopic (exact) mass is 237 g/mol. The number of unbranched alkanes of at least 4 members (excludes halogenated alkanes) is 1. The van der Waals surface area contributed by atoms with Gasteiger partial charge in [0.2, 0.25) is 0 Å². The second kappa shape index (κ2) is 8.83. The molecule has 1 radical (unpaired) electrons. The van der Waals surface area contributed by atoms with Crippen molar-refractivity contribution in [1.82, 2.24) is 0 Å². The van der Waals surface area contributed by atoms with Gasteiger partial charge in [-0.1, -0.05) is 0 Å². The Bertz CT molecular complexity index is 5.61. The smallest absolute Gasteiger partial charge is 0.346 e. The first-order chi connectivity index (χ1) is 1.91. The minimum atomic E-state index is 0. The zero-order valence-corrected chi connectivity index (χ0v) is 6.49. The molecule has 0 aromatic heterocycles. The molecule has 0 fully saturated rings. The van der Waals surface area contributed by atoms with Crippen LogP contribution in [0.5, 0.6) is 0 Å². The maximum Gasteiger partial charge on any atom is 2.00 e. The number of hydrogen-bond acceptors (Lipinski definition) is 0. The van der Waals surface area contributed by atoms with E-state index in [2.05, 4.69) is 13.8 Å². The molecule has 0 aliphatic heterocycles. The van der Waals surface area contributed by atoms with E-state index in [1.165, 1.54) is 0 Å². The molecule has 0 nitrogen and oxygen atoms in total. The average molecular weight is 237 g/mol. The second-order valence-electron chi connectivity index (χ2n) is 0.707. The van der Waals surface area contributed by atoms with Gasteiger partial charge in [0.25, 0.3) is 0 Å². The summed E-state index contributed by atoms with van der Waals surface area (Å²) in [5, 5.41) is 0. The Morgan fingerprint density at radius 1 is 1.00 bits per heavy atom. The predicted molar refractivity (Wildman–Crippen MR) is 19.9 cm³/mol. The van der Waals surface area contributed by atoms with Crippen molar-refractivity contribution in [2.24, 2.45) is 0 Å². The summed E-state index contributed by atoms with van der Waals surface area (Å²) in [4.78, 5) is 0. The summed E-state index contributed by atoms with van der Waals surface area (Å²) < 4.78 is 0. The third-order valence-electron chi connectivity index (χ3n) is 0.250. The third kappa shape index (κ3) is 11.8. The molecule has 0 spiro atoms. The van der Waals surface area contributed by atoms with E-state index in [0.29, 0.717) is 0 Å². The van der Waals surface area contributed by atoms with Crippen molar-refractivity contribution in [2.45, 2.75) is 12.8 Å². The summed E-state index contributed by atoms with van der Waals surface area (Å²) in [6.45, 7) is 7.08. The van der Waals surface area contributed by atoms with E-state index in [-0.39, 0.29) is 22.4 Å². The molecule has 0 aliphatic rings. The molecule has 0 bridgehead atoms. The summed E-state index contributed by atoms with van der Waals surface area (Å²) in [5.74, 6) is 0. The van der Waals surface area contributed by atoms with Gasteiger partial charge in [-0.2, -0.15) is 0 Å². The number of hydrogen-bond donors (Lipinski definition) is 0. The Morgan fingerprint density at radius 3 is 1.20 bits per heavy atom. The van der Waals surface area contributed by atoms with Crippen molar-refractivity contribution < 1.29 is 22.4 Å². The molecular weight excluding hydrogens is 229 g/mol. The van der Waals surface area contributed by atoms with Crippen molar-refractivity contribution in [2.75, 3.05) is 0 Å². The summed E-state index contributed by atoms with van der Waals surface area (Å²) in [7, 11) is 0. The van der Waals surface area contributed by atoms with Crippen LogP contribution in [0.25, 0.3) is 0 Å². The zero-order valence-electron chi connectivity index (χ0n) is 3.28. The normalized spacial score (nSPS) is 6.00. The Labute approximate surface area is 49.5 Å². The van der Waals surface area contributed by atoms with Crippen molar-refractivity contribution in [3.63, 3.8) is 0 Å². The van der Waals surface area contributed by atoms with Crippen LogP contribution in [0.3, 0.4) is 0 Å². The van der Waals surface area contributed by atoms with E-state index < -0.39 is 0 Å². The van der Waals surface area contributed by atoms with Gasteiger partial charge in [0.15, 0.2) is 0 Å². The van der Waals surface area contributed by atoms with Gasteiger partial charge in [0.05, 0.1) is 0 Å². The first-order valence-corrected chi connectivity index (χ1v) is 1.50. The molecule has 0 aromatic carbocycles. The van der Waals surface area contributed by atoms with E-state index in [4.69, 9.17) is 0 Å². The molecule has 0 N–H and O–H groups in total. The Kier molecular flexibility index (Phi) is 16.3. The van der Waals surface area contributed by atoms with Crippen molar-refractivity contribution >= 4 is 0 Å². The maximum absolute atomic E-state index is 3.54. The summed E-state index contributed by atoms with van der Waals surface area (Å²) >= 11 is 0.